The molecule has 5 nitrogen and oxygen atoms in total. The fourth-order valence-electron chi connectivity index (χ4n) is 2.00. The number of rotatable bonds is 3. The van der Waals surface area contributed by atoms with E-state index in [0.717, 1.165) is 22.4 Å². The second-order valence-corrected chi connectivity index (χ2v) is 6.36. The molecule has 0 aliphatic heterocycles. The van der Waals surface area contributed by atoms with Gasteiger partial charge in [0.25, 0.3) is 0 Å². The lowest BCUT2D eigenvalue weighted by molar-refractivity contribution is 0.577. The zero-order chi connectivity index (χ0) is 15.0. The summed E-state index contributed by atoms with van der Waals surface area (Å²) in [7, 11) is 0. The Balaban J connectivity index is 1.87. The Labute approximate surface area is 130 Å². The molecule has 7 heteroatoms. The number of hydrogen-bond donors (Lipinski definition) is 1. The van der Waals surface area contributed by atoms with E-state index in [-0.39, 0.29) is 5.25 Å². The molecule has 3 rings (SSSR count). The first-order valence-corrected chi connectivity index (χ1v) is 7.60. The molecule has 0 aliphatic carbocycles. The van der Waals surface area contributed by atoms with Gasteiger partial charge in [-0.2, -0.15) is 0 Å². The van der Waals surface area contributed by atoms with Crippen LogP contribution in [-0.4, -0.2) is 15.0 Å². The summed E-state index contributed by atoms with van der Waals surface area (Å²) in [5.41, 5.74) is 7.39. The van der Waals surface area contributed by atoms with Gasteiger partial charge < -0.3 is 10.2 Å². The standard InChI is InChI=1S/C14H13ClN4OS/c1-7-3-9-4-10(17-6-11(9)20-7)8(2)21-14-18-12(15)5-13(16)19-14/h3-6,8H,1-2H3,(H2,16,18,19). The van der Waals surface area contributed by atoms with Gasteiger partial charge in [-0.05, 0) is 26.0 Å². The maximum Gasteiger partial charge on any atom is 0.191 e. The van der Waals surface area contributed by atoms with Crippen LogP contribution in [0.1, 0.15) is 23.6 Å². The van der Waals surface area contributed by atoms with Crippen LogP contribution in [0.3, 0.4) is 0 Å². The second kappa shape index (κ2) is 5.54. The lowest BCUT2D eigenvalue weighted by Gasteiger charge is -2.09. The lowest BCUT2D eigenvalue weighted by atomic mass is 10.2. The van der Waals surface area contributed by atoms with Gasteiger partial charge in [0.2, 0.25) is 0 Å². The molecule has 2 N–H and O–H groups in total. The predicted octanol–water partition coefficient (Wildman–Crippen LogP) is 4.02. The minimum absolute atomic E-state index is 0.0717. The summed E-state index contributed by atoms with van der Waals surface area (Å²) in [6, 6.07) is 5.53. The molecule has 3 aromatic rings. The van der Waals surface area contributed by atoms with Gasteiger partial charge in [-0.3, -0.25) is 4.98 Å². The number of thioether (sulfide) groups is 1. The zero-order valence-electron chi connectivity index (χ0n) is 11.5. The normalized spacial score (nSPS) is 12.7. The Kier molecular flexibility index (Phi) is 3.73. The summed E-state index contributed by atoms with van der Waals surface area (Å²) in [4.78, 5) is 12.7. The van der Waals surface area contributed by atoms with Crippen LogP contribution < -0.4 is 5.73 Å². The van der Waals surface area contributed by atoms with E-state index in [0.29, 0.717) is 16.1 Å². The van der Waals surface area contributed by atoms with Crippen molar-refractivity contribution in [1.29, 1.82) is 0 Å². The highest BCUT2D eigenvalue weighted by atomic mass is 35.5. The first kappa shape index (κ1) is 14.2. The average molecular weight is 321 g/mol. The van der Waals surface area contributed by atoms with Crippen molar-refractivity contribution in [1.82, 2.24) is 15.0 Å². The fourth-order valence-corrected chi connectivity index (χ4v) is 3.12. The van der Waals surface area contributed by atoms with E-state index in [2.05, 4.69) is 15.0 Å². The van der Waals surface area contributed by atoms with Gasteiger partial charge in [0, 0.05) is 11.5 Å². The van der Waals surface area contributed by atoms with Crippen LogP contribution in [-0.2, 0) is 0 Å². The third kappa shape index (κ3) is 3.11. The summed E-state index contributed by atoms with van der Waals surface area (Å²) < 4.78 is 5.52. The number of aromatic nitrogens is 3. The highest BCUT2D eigenvalue weighted by molar-refractivity contribution is 7.99. The Hall–Kier alpha value is -1.79. The molecule has 0 saturated carbocycles. The van der Waals surface area contributed by atoms with Gasteiger partial charge in [0.05, 0.1) is 17.1 Å². The van der Waals surface area contributed by atoms with Crippen LogP contribution in [0.25, 0.3) is 11.0 Å². The van der Waals surface area contributed by atoms with E-state index >= 15 is 0 Å². The van der Waals surface area contributed by atoms with E-state index in [1.165, 1.54) is 17.8 Å². The SMILES string of the molecule is Cc1cc2cc(C(C)Sc3nc(N)cc(Cl)n3)ncc2o1. The van der Waals surface area contributed by atoms with E-state index in [9.17, 15) is 0 Å². The maximum absolute atomic E-state index is 5.89. The average Bonchev–Trinajstić information content (AvgIpc) is 2.76. The largest absolute Gasteiger partial charge is 0.460 e. The molecule has 0 aromatic carbocycles. The molecule has 108 valence electrons. The molecule has 0 amide bonds. The number of hydrogen-bond acceptors (Lipinski definition) is 6. The van der Waals surface area contributed by atoms with Crippen molar-refractivity contribution in [3.63, 3.8) is 0 Å². The van der Waals surface area contributed by atoms with Crippen LogP contribution in [0.2, 0.25) is 5.15 Å². The first-order chi connectivity index (χ1) is 10.0. The van der Waals surface area contributed by atoms with Gasteiger partial charge in [-0.15, -0.1) is 0 Å². The molecule has 0 saturated heterocycles. The molecule has 0 radical (unpaired) electrons. The molecule has 3 aromatic heterocycles. The van der Waals surface area contributed by atoms with Gasteiger partial charge in [0.15, 0.2) is 10.7 Å². The first-order valence-electron chi connectivity index (χ1n) is 6.34. The van der Waals surface area contributed by atoms with Gasteiger partial charge in [-0.1, -0.05) is 23.4 Å². The molecule has 1 atom stereocenters. The van der Waals surface area contributed by atoms with Crippen LogP contribution in [0.15, 0.2) is 34.0 Å². The van der Waals surface area contributed by atoms with E-state index in [1.807, 2.05) is 26.0 Å². The quantitative estimate of drug-likeness (QED) is 0.446. The lowest BCUT2D eigenvalue weighted by Crippen LogP contribution is -1.98. The summed E-state index contributed by atoms with van der Waals surface area (Å²) in [5, 5.41) is 1.99. The number of aryl methyl sites for hydroxylation is 1. The highest BCUT2D eigenvalue weighted by Gasteiger charge is 2.13. The van der Waals surface area contributed by atoms with E-state index < -0.39 is 0 Å². The maximum atomic E-state index is 5.89. The van der Waals surface area contributed by atoms with Crippen molar-refractivity contribution in [2.75, 3.05) is 5.73 Å². The third-order valence-electron chi connectivity index (χ3n) is 2.94. The summed E-state index contributed by atoms with van der Waals surface area (Å²) in [6.07, 6.45) is 1.74. The topological polar surface area (TPSA) is 77.8 Å². The monoisotopic (exact) mass is 320 g/mol. The Morgan fingerprint density at radius 1 is 1.29 bits per heavy atom. The molecule has 0 fully saturated rings. The third-order valence-corrected chi connectivity index (χ3v) is 4.12. The van der Waals surface area contributed by atoms with Gasteiger partial charge in [0.1, 0.15) is 16.7 Å². The molecule has 21 heavy (non-hydrogen) atoms. The van der Waals surface area contributed by atoms with Crippen molar-refractivity contribution >= 4 is 40.1 Å². The van der Waals surface area contributed by atoms with E-state index in [4.69, 9.17) is 21.8 Å². The number of nitrogens with zero attached hydrogens (tertiary/aromatic N) is 3. The summed E-state index contributed by atoms with van der Waals surface area (Å²) >= 11 is 7.35. The van der Waals surface area contributed by atoms with Gasteiger partial charge >= 0.3 is 0 Å². The molecule has 1 unspecified atom stereocenters. The molecule has 3 heterocycles. The molecule has 0 spiro atoms. The number of nitrogen functional groups attached to an aromatic ring is 1. The molecule has 0 bridgehead atoms. The number of anilines is 1. The van der Waals surface area contributed by atoms with Crippen molar-refractivity contribution in [3.8, 4) is 0 Å². The van der Waals surface area contributed by atoms with Crippen molar-refractivity contribution in [3.05, 3.63) is 41.0 Å². The van der Waals surface area contributed by atoms with Crippen LogP contribution >= 0.6 is 23.4 Å². The predicted molar refractivity (Wildman–Crippen MR) is 84.5 cm³/mol. The summed E-state index contributed by atoms with van der Waals surface area (Å²) in [6.45, 7) is 3.95. The van der Waals surface area contributed by atoms with Gasteiger partial charge in [-0.25, -0.2) is 9.97 Å². The molecular formula is C14H13ClN4OS. The van der Waals surface area contributed by atoms with Crippen molar-refractivity contribution < 1.29 is 4.42 Å². The van der Waals surface area contributed by atoms with Crippen molar-refractivity contribution in [2.24, 2.45) is 0 Å². The van der Waals surface area contributed by atoms with E-state index in [1.54, 1.807) is 6.20 Å². The van der Waals surface area contributed by atoms with Crippen molar-refractivity contribution in [2.45, 2.75) is 24.3 Å². The number of nitrogens with two attached hydrogens (primary N) is 1. The Bertz CT molecular complexity index is 785. The Morgan fingerprint density at radius 3 is 2.86 bits per heavy atom. The second-order valence-electron chi connectivity index (χ2n) is 4.66. The fraction of sp³-hybridized carbons (Fsp3) is 0.214. The number of halogens is 1. The Morgan fingerprint density at radius 2 is 2.10 bits per heavy atom. The molecule has 0 aliphatic rings. The van der Waals surface area contributed by atoms with Crippen LogP contribution in [0.5, 0.6) is 0 Å². The molecular weight excluding hydrogens is 308 g/mol. The van der Waals surface area contributed by atoms with Crippen LogP contribution in [0.4, 0.5) is 5.82 Å². The summed E-state index contributed by atoms with van der Waals surface area (Å²) in [5.74, 6) is 1.23. The smallest absolute Gasteiger partial charge is 0.191 e. The number of furan rings is 1. The van der Waals surface area contributed by atoms with Crippen LogP contribution in [0, 0.1) is 6.92 Å². The minimum atomic E-state index is 0.0717. The number of pyridine rings is 1. The zero-order valence-corrected chi connectivity index (χ0v) is 13.1. The number of fused-ring (bicyclic) bond motifs is 1. The minimum Gasteiger partial charge on any atom is -0.460 e. The highest BCUT2D eigenvalue weighted by Crippen LogP contribution is 2.34.